The van der Waals surface area contributed by atoms with E-state index in [1.54, 1.807) is 6.07 Å². The van der Waals surface area contributed by atoms with Crippen molar-refractivity contribution >= 4 is 10.9 Å². The van der Waals surface area contributed by atoms with Gasteiger partial charge in [-0.25, -0.2) is 9.37 Å². The Morgan fingerprint density at radius 2 is 2.23 bits per heavy atom. The smallest absolute Gasteiger partial charge is 0.264 e. The Labute approximate surface area is 124 Å². The molecular formula is C15H13FN4O2. The Morgan fingerprint density at radius 1 is 1.36 bits per heavy atom. The van der Waals surface area contributed by atoms with Crippen molar-refractivity contribution in [2.45, 2.75) is 31.7 Å². The second-order valence-electron chi connectivity index (χ2n) is 5.45. The normalized spacial score (nSPS) is 14.6. The average molecular weight is 300 g/mol. The maximum atomic E-state index is 13.8. The van der Waals surface area contributed by atoms with Crippen LogP contribution in [0.15, 0.2) is 33.8 Å². The van der Waals surface area contributed by atoms with Crippen molar-refractivity contribution in [1.82, 2.24) is 19.7 Å². The number of benzene rings is 1. The van der Waals surface area contributed by atoms with Gasteiger partial charge in [0.1, 0.15) is 11.2 Å². The van der Waals surface area contributed by atoms with Gasteiger partial charge in [0.05, 0.1) is 11.8 Å². The lowest BCUT2D eigenvalue weighted by atomic mass is 10.2. The molecule has 0 amide bonds. The highest BCUT2D eigenvalue weighted by Crippen LogP contribution is 2.38. The van der Waals surface area contributed by atoms with Gasteiger partial charge in [-0.15, -0.1) is 0 Å². The molecule has 22 heavy (non-hydrogen) atoms. The molecule has 0 atom stereocenters. The maximum Gasteiger partial charge on any atom is 0.264 e. The Kier molecular flexibility index (Phi) is 2.99. The molecular weight excluding hydrogens is 287 g/mol. The fraction of sp³-hybridized carbons (Fsp3) is 0.333. The fourth-order valence-electron chi connectivity index (χ4n) is 2.40. The van der Waals surface area contributed by atoms with Crippen LogP contribution in [0.25, 0.3) is 10.9 Å². The van der Waals surface area contributed by atoms with Crippen LogP contribution >= 0.6 is 0 Å². The molecule has 0 bridgehead atoms. The largest absolute Gasteiger partial charge is 0.339 e. The van der Waals surface area contributed by atoms with Gasteiger partial charge in [0.2, 0.25) is 5.89 Å². The Morgan fingerprint density at radius 3 is 3.05 bits per heavy atom. The Hall–Kier alpha value is -2.57. The number of aromatic nitrogens is 4. The third-order valence-corrected chi connectivity index (χ3v) is 3.79. The van der Waals surface area contributed by atoms with Crippen molar-refractivity contribution in [2.75, 3.05) is 0 Å². The van der Waals surface area contributed by atoms with Gasteiger partial charge >= 0.3 is 0 Å². The average Bonchev–Trinajstić information content (AvgIpc) is 3.26. The summed E-state index contributed by atoms with van der Waals surface area (Å²) in [5, 5.41) is 3.92. The van der Waals surface area contributed by atoms with Crippen molar-refractivity contribution in [1.29, 1.82) is 0 Å². The lowest BCUT2D eigenvalue weighted by Gasteiger charge is -2.05. The highest BCUT2D eigenvalue weighted by molar-refractivity contribution is 5.77. The monoisotopic (exact) mass is 300 g/mol. The number of hydrogen-bond donors (Lipinski definition) is 0. The predicted molar refractivity (Wildman–Crippen MR) is 75.9 cm³/mol. The van der Waals surface area contributed by atoms with E-state index in [0.29, 0.717) is 36.1 Å². The van der Waals surface area contributed by atoms with Gasteiger partial charge in [-0.3, -0.25) is 9.36 Å². The van der Waals surface area contributed by atoms with Crippen LogP contribution in [0.1, 0.15) is 30.5 Å². The number of fused-ring (bicyclic) bond motifs is 1. The van der Waals surface area contributed by atoms with Gasteiger partial charge in [0.15, 0.2) is 5.82 Å². The molecule has 6 nitrogen and oxygen atoms in total. The summed E-state index contributed by atoms with van der Waals surface area (Å²) >= 11 is 0. The molecule has 2 aromatic heterocycles. The summed E-state index contributed by atoms with van der Waals surface area (Å²) in [7, 11) is 0. The first-order valence-corrected chi connectivity index (χ1v) is 7.18. The van der Waals surface area contributed by atoms with Gasteiger partial charge in [0.25, 0.3) is 5.56 Å². The van der Waals surface area contributed by atoms with Crippen molar-refractivity contribution < 1.29 is 8.91 Å². The lowest BCUT2D eigenvalue weighted by Crippen LogP contribution is -2.22. The molecule has 112 valence electrons. The van der Waals surface area contributed by atoms with Crippen LogP contribution < -0.4 is 5.56 Å². The predicted octanol–water partition coefficient (Wildman–Crippen LogP) is 2.04. The van der Waals surface area contributed by atoms with Crippen LogP contribution in [0.2, 0.25) is 0 Å². The molecule has 0 N–H and O–H groups in total. The third-order valence-electron chi connectivity index (χ3n) is 3.79. The minimum Gasteiger partial charge on any atom is -0.339 e. The van der Waals surface area contributed by atoms with E-state index in [-0.39, 0.29) is 5.39 Å². The first kappa shape index (κ1) is 13.1. The highest BCUT2D eigenvalue weighted by Gasteiger charge is 2.29. The van der Waals surface area contributed by atoms with E-state index < -0.39 is 11.4 Å². The molecule has 1 aliphatic rings. The molecule has 2 heterocycles. The molecule has 0 unspecified atom stereocenters. The molecule has 1 saturated carbocycles. The van der Waals surface area contributed by atoms with E-state index in [0.717, 1.165) is 12.8 Å². The molecule has 4 rings (SSSR count). The van der Waals surface area contributed by atoms with E-state index in [1.165, 1.54) is 23.0 Å². The molecule has 0 radical (unpaired) electrons. The maximum absolute atomic E-state index is 13.8. The van der Waals surface area contributed by atoms with Crippen LogP contribution in [0.5, 0.6) is 0 Å². The minimum atomic E-state index is -0.556. The van der Waals surface area contributed by atoms with E-state index in [4.69, 9.17) is 4.52 Å². The zero-order valence-corrected chi connectivity index (χ0v) is 11.7. The first-order chi connectivity index (χ1) is 10.7. The van der Waals surface area contributed by atoms with Crippen molar-refractivity contribution in [3.05, 3.63) is 52.4 Å². The summed E-state index contributed by atoms with van der Waals surface area (Å²) in [6, 6.07) is 4.41. The molecule has 0 saturated heterocycles. The standard InChI is InChI=1S/C15H13FN4O2/c16-10-2-1-3-11-13(10)15(21)20(8-17-11)7-6-12-18-14(22-19-12)9-4-5-9/h1-3,8-9H,4-7H2. The zero-order chi connectivity index (χ0) is 15.1. The summed E-state index contributed by atoms with van der Waals surface area (Å²) in [5.41, 5.74) is -0.0363. The first-order valence-electron chi connectivity index (χ1n) is 7.18. The zero-order valence-electron chi connectivity index (χ0n) is 11.7. The third kappa shape index (κ3) is 2.28. The molecule has 1 fully saturated rings. The minimum absolute atomic E-state index is 0.0109. The van der Waals surface area contributed by atoms with E-state index in [9.17, 15) is 9.18 Å². The lowest BCUT2D eigenvalue weighted by molar-refractivity contribution is 0.373. The molecule has 1 aromatic carbocycles. The molecule has 3 aromatic rings. The Bertz CT molecular complexity index is 898. The van der Waals surface area contributed by atoms with Crippen molar-refractivity contribution in [3.63, 3.8) is 0 Å². The van der Waals surface area contributed by atoms with Crippen molar-refractivity contribution in [2.24, 2.45) is 0 Å². The van der Waals surface area contributed by atoms with Gasteiger partial charge in [0, 0.05) is 18.9 Å². The second kappa shape index (κ2) is 5.01. The topological polar surface area (TPSA) is 73.8 Å². The van der Waals surface area contributed by atoms with E-state index in [2.05, 4.69) is 15.1 Å². The summed E-state index contributed by atoms with van der Waals surface area (Å²) in [6.45, 7) is 0.333. The van der Waals surface area contributed by atoms with Gasteiger partial charge in [-0.2, -0.15) is 4.98 Å². The quantitative estimate of drug-likeness (QED) is 0.737. The number of rotatable bonds is 4. The summed E-state index contributed by atoms with van der Waals surface area (Å²) in [5.74, 6) is 1.08. The molecule has 0 aliphatic heterocycles. The van der Waals surface area contributed by atoms with Gasteiger partial charge in [-0.05, 0) is 25.0 Å². The molecule has 7 heteroatoms. The van der Waals surface area contributed by atoms with Crippen molar-refractivity contribution in [3.8, 4) is 0 Å². The number of nitrogens with zero attached hydrogens (tertiary/aromatic N) is 4. The van der Waals surface area contributed by atoms with Crippen LogP contribution in [0.3, 0.4) is 0 Å². The van der Waals surface area contributed by atoms with Gasteiger partial charge in [-0.1, -0.05) is 11.2 Å². The second-order valence-corrected chi connectivity index (χ2v) is 5.45. The fourth-order valence-corrected chi connectivity index (χ4v) is 2.40. The molecule has 0 spiro atoms. The summed E-state index contributed by atoms with van der Waals surface area (Å²) in [6.07, 6.45) is 4.05. The Balaban J connectivity index is 1.59. The van der Waals surface area contributed by atoms with Crippen LogP contribution in [0.4, 0.5) is 4.39 Å². The van der Waals surface area contributed by atoms with Gasteiger partial charge < -0.3 is 4.52 Å². The number of aryl methyl sites for hydroxylation is 2. The highest BCUT2D eigenvalue weighted by atomic mass is 19.1. The van der Waals surface area contributed by atoms with Crippen LogP contribution in [-0.2, 0) is 13.0 Å². The van der Waals surface area contributed by atoms with E-state index >= 15 is 0 Å². The SMILES string of the molecule is O=c1c2c(F)cccc2ncn1CCc1noc(C2CC2)n1. The number of hydrogen-bond acceptors (Lipinski definition) is 5. The van der Waals surface area contributed by atoms with E-state index in [1.807, 2.05) is 0 Å². The molecule has 1 aliphatic carbocycles. The van der Waals surface area contributed by atoms with Crippen LogP contribution in [-0.4, -0.2) is 19.7 Å². The number of halogens is 1. The van der Waals surface area contributed by atoms with Crippen LogP contribution in [0, 0.1) is 5.82 Å². The summed E-state index contributed by atoms with van der Waals surface area (Å²) < 4.78 is 20.3. The summed E-state index contributed by atoms with van der Waals surface area (Å²) in [4.78, 5) is 20.7.